The number of halogens is 2. The molecule has 1 aromatic heterocycles. The fourth-order valence-corrected chi connectivity index (χ4v) is 2.51. The molecule has 0 aliphatic heterocycles. The molecular weight excluding hydrogens is 299 g/mol. The van der Waals surface area contributed by atoms with Crippen LogP contribution in [-0.4, -0.2) is 20.6 Å². The fraction of sp³-hybridized carbons (Fsp3) is 0.429. The molecule has 1 unspecified atom stereocenters. The maximum Gasteiger partial charge on any atom is 0.326 e. The van der Waals surface area contributed by atoms with Crippen LogP contribution < -0.4 is 0 Å². The van der Waals surface area contributed by atoms with Crippen molar-refractivity contribution in [3.05, 3.63) is 28.0 Å². The van der Waals surface area contributed by atoms with E-state index in [0.29, 0.717) is 21.1 Å². The maximum absolute atomic E-state index is 11.3. The molecule has 0 radical (unpaired) electrons. The van der Waals surface area contributed by atoms with E-state index in [0.717, 1.165) is 25.1 Å². The van der Waals surface area contributed by atoms with Crippen molar-refractivity contribution >= 4 is 40.2 Å². The summed E-state index contributed by atoms with van der Waals surface area (Å²) in [6.45, 7) is 3.72. The molecule has 0 saturated heterocycles. The molecule has 108 valence electrons. The quantitative estimate of drug-likeness (QED) is 0.893. The van der Waals surface area contributed by atoms with E-state index in [1.165, 1.54) is 0 Å². The number of hydrogen-bond donors (Lipinski definition) is 1. The van der Waals surface area contributed by atoms with Gasteiger partial charge in [0.25, 0.3) is 0 Å². The molecule has 1 N–H and O–H groups in total. The molecule has 0 fully saturated rings. The minimum atomic E-state index is -0.895. The third-order valence-corrected chi connectivity index (χ3v) is 4.03. The molecule has 0 aliphatic carbocycles. The van der Waals surface area contributed by atoms with Crippen LogP contribution in [0, 0.1) is 0 Å². The van der Waals surface area contributed by atoms with Gasteiger partial charge in [0.1, 0.15) is 11.9 Å². The molecular formula is C14H16Cl2N2O2. The van der Waals surface area contributed by atoms with Crippen LogP contribution in [0.4, 0.5) is 0 Å². The molecule has 20 heavy (non-hydrogen) atoms. The summed E-state index contributed by atoms with van der Waals surface area (Å²) in [5, 5.41) is 10.1. The van der Waals surface area contributed by atoms with Crippen molar-refractivity contribution in [2.24, 2.45) is 0 Å². The predicted molar refractivity (Wildman–Crippen MR) is 80.7 cm³/mol. The van der Waals surface area contributed by atoms with E-state index in [-0.39, 0.29) is 0 Å². The Morgan fingerprint density at radius 3 is 2.65 bits per heavy atom. The lowest BCUT2D eigenvalue weighted by Gasteiger charge is -2.13. The summed E-state index contributed by atoms with van der Waals surface area (Å²) in [6, 6.07) is 2.67. The zero-order valence-electron chi connectivity index (χ0n) is 11.4. The molecule has 1 heterocycles. The van der Waals surface area contributed by atoms with E-state index in [9.17, 15) is 9.90 Å². The predicted octanol–water partition coefficient (Wildman–Crippen LogP) is 4.33. The highest BCUT2D eigenvalue weighted by atomic mass is 35.5. The van der Waals surface area contributed by atoms with Gasteiger partial charge in [-0.25, -0.2) is 9.78 Å². The number of carboxylic acids is 1. The van der Waals surface area contributed by atoms with Crippen molar-refractivity contribution in [3.63, 3.8) is 0 Å². The first-order valence-electron chi connectivity index (χ1n) is 6.54. The van der Waals surface area contributed by atoms with E-state index in [2.05, 4.69) is 11.9 Å². The lowest BCUT2D eigenvalue weighted by atomic mass is 10.2. The number of fused-ring (bicyclic) bond motifs is 1. The number of hydrogen-bond acceptors (Lipinski definition) is 2. The van der Waals surface area contributed by atoms with Crippen LogP contribution in [0.5, 0.6) is 0 Å². The van der Waals surface area contributed by atoms with Crippen LogP contribution in [-0.2, 0) is 11.2 Å². The summed E-state index contributed by atoms with van der Waals surface area (Å²) in [5.74, 6) is -0.136. The minimum absolute atomic E-state index is 0.403. The zero-order chi connectivity index (χ0) is 14.9. The highest BCUT2D eigenvalue weighted by Gasteiger charge is 2.21. The van der Waals surface area contributed by atoms with Gasteiger partial charge in [0.15, 0.2) is 0 Å². The summed E-state index contributed by atoms with van der Waals surface area (Å²) in [7, 11) is 0. The summed E-state index contributed by atoms with van der Waals surface area (Å²) < 4.78 is 1.73. The van der Waals surface area contributed by atoms with E-state index in [1.807, 2.05) is 0 Å². The number of aliphatic carboxylic acids is 1. The molecule has 2 aromatic rings. The molecule has 0 aliphatic rings. The van der Waals surface area contributed by atoms with Crippen LogP contribution in [0.25, 0.3) is 11.0 Å². The first-order valence-corrected chi connectivity index (χ1v) is 7.30. The first-order chi connectivity index (χ1) is 9.45. The van der Waals surface area contributed by atoms with Crippen molar-refractivity contribution < 1.29 is 9.90 Å². The number of rotatable bonds is 5. The lowest BCUT2D eigenvalue weighted by Crippen LogP contribution is -2.18. The summed E-state index contributed by atoms with van der Waals surface area (Å²) >= 11 is 12.0. The number of carbonyl (C=O) groups is 1. The fourth-order valence-electron chi connectivity index (χ4n) is 2.19. The highest BCUT2D eigenvalue weighted by molar-refractivity contribution is 6.42. The second-order valence-electron chi connectivity index (χ2n) is 4.77. The molecule has 6 heteroatoms. The number of aryl methyl sites for hydroxylation is 1. The Morgan fingerprint density at radius 1 is 1.40 bits per heavy atom. The largest absolute Gasteiger partial charge is 0.480 e. The van der Waals surface area contributed by atoms with Gasteiger partial charge in [0.05, 0.1) is 21.1 Å². The molecule has 0 spiro atoms. The zero-order valence-corrected chi connectivity index (χ0v) is 12.9. The Kier molecular flexibility index (Phi) is 4.55. The summed E-state index contributed by atoms with van der Waals surface area (Å²) in [5.41, 5.74) is 1.39. The van der Waals surface area contributed by atoms with Crippen molar-refractivity contribution in [3.8, 4) is 0 Å². The number of carboxylic acid groups (broad SMARTS) is 1. The second kappa shape index (κ2) is 6.02. The second-order valence-corrected chi connectivity index (χ2v) is 5.59. The van der Waals surface area contributed by atoms with Crippen LogP contribution in [0.3, 0.4) is 0 Å². The van der Waals surface area contributed by atoms with E-state index in [4.69, 9.17) is 23.2 Å². The average Bonchev–Trinajstić information content (AvgIpc) is 2.73. The average molecular weight is 315 g/mol. The Morgan fingerprint density at radius 2 is 2.05 bits per heavy atom. The van der Waals surface area contributed by atoms with E-state index < -0.39 is 12.0 Å². The summed E-state index contributed by atoms with van der Waals surface area (Å²) in [4.78, 5) is 15.8. The molecule has 0 saturated carbocycles. The van der Waals surface area contributed by atoms with E-state index in [1.54, 1.807) is 23.6 Å². The van der Waals surface area contributed by atoms with E-state index >= 15 is 0 Å². The van der Waals surface area contributed by atoms with Gasteiger partial charge in [0.2, 0.25) is 0 Å². The topological polar surface area (TPSA) is 55.1 Å². The SMILES string of the molecule is CCCCc1nc2cc(Cl)c(Cl)cc2n1C(C)C(=O)O. The standard InChI is InChI=1S/C14H16Cl2N2O2/c1-3-4-5-13-17-11-6-9(15)10(16)7-12(11)18(13)8(2)14(19)20/h6-8H,3-5H2,1-2H3,(H,19,20). The number of nitrogens with zero attached hydrogens (tertiary/aromatic N) is 2. The van der Waals surface area contributed by atoms with Gasteiger partial charge in [-0.3, -0.25) is 0 Å². The minimum Gasteiger partial charge on any atom is -0.480 e. The van der Waals surface area contributed by atoms with Crippen molar-refractivity contribution in [1.29, 1.82) is 0 Å². The van der Waals surface area contributed by atoms with Gasteiger partial charge in [0, 0.05) is 6.42 Å². The van der Waals surface area contributed by atoms with Crippen LogP contribution in [0.2, 0.25) is 10.0 Å². The summed E-state index contributed by atoms with van der Waals surface area (Å²) in [6.07, 6.45) is 2.71. The number of unbranched alkanes of at least 4 members (excludes halogenated alkanes) is 1. The van der Waals surface area contributed by atoms with Gasteiger partial charge in [-0.15, -0.1) is 0 Å². The van der Waals surface area contributed by atoms with Gasteiger partial charge in [-0.05, 0) is 25.5 Å². The highest BCUT2D eigenvalue weighted by Crippen LogP contribution is 2.30. The van der Waals surface area contributed by atoms with Crippen molar-refractivity contribution in [2.75, 3.05) is 0 Å². The van der Waals surface area contributed by atoms with Crippen LogP contribution in [0.15, 0.2) is 12.1 Å². The monoisotopic (exact) mass is 314 g/mol. The van der Waals surface area contributed by atoms with Crippen LogP contribution in [0.1, 0.15) is 38.6 Å². The third kappa shape index (κ3) is 2.76. The number of imidazole rings is 1. The van der Waals surface area contributed by atoms with Crippen molar-refractivity contribution in [2.45, 2.75) is 39.2 Å². The van der Waals surface area contributed by atoms with Gasteiger partial charge in [-0.1, -0.05) is 36.5 Å². The lowest BCUT2D eigenvalue weighted by molar-refractivity contribution is -0.140. The Hall–Kier alpha value is -1.26. The Bertz CT molecular complexity index is 652. The normalized spacial score (nSPS) is 12.8. The molecule has 0 amide bonds. The molecule has 1 aromatic carbocycles. The molecule has 0 bridgehead atoms. The number of aromatic nitrogens is 2. The van der Waals surface area contributed by atoms with Gasteiger partial charge in [-0.2, -0.15) is 0 Å². The molecule has 1 atom stereocenters. The molecule has 2 rings (SSSR count). The van der Waals surface area contributed by atoms with Gasteiger partial charge < -0.3 is 9.67 Å². The van der Waals surface area contributed by atoms with Gasteiger partial charge >= 0.3 is 5.97 Å². The maximum atomic E-state index is 11.3. The Balaban J connectivity index is 2.64. The number of benzene rings is 1. The Labute approximate surface area is 127 Å². The third-order valence-electron chi connectivity index (χ3n) is 3.30. The van der Waals surface area contributed by atoms with Crippen molar-refractivity contribution in [1.82, 2.24) is 9.55 Å². The van der Waals surface area contributed by atoms with Crippen LogP contribution >= 0.6 is 23.2 Å². The first kappa shape index (κ1) is 15.1. The molecule has 4 nitrogen and oxygen atoms in total. The smallest absolute Gasteiger partial charge is 0.326 e.